The van der Waals surface area contributed by atoms with Gasteiger partial charge in [-0.15, -0.1) is 0 Å². The first kappa shape index (κ1) is 16.3. The van der Waals surface area contributed by atoms with Crippen molar-refractivity contribution in [3.8, 4) is 0 Å². The molecule has 0 saturated carbocycles. The highest BCUT2D eigenvalue weighted by Crippen LogP contribution is 2.48. The Morgan fingerprint density at radius 2 is 1.80 bits per heavy atom. The van der Waals surface area contributed by atoms with E-state index in [9.17, 15) is 9.59 Å². The van der Waals surface area contributed by atoms with Crippen molar-refractivity contribution in [2.75, 3.05) is 18.0 Å². The maximum atomic E-state index is 13.4. The fourth-order valence-electron chi connectivity index (χ4n) is 4.13. The molecule has 0 bridgehead atoms. The van der Waals surface area contributed by atoms with Crippen LogP contribution in [0.25, 0.3) is 0 Å². The highest BCUT2D eigenvalue weighted by atomic mass is 35.5. The Hall–Kier alpha value is -2.17. The first-order valence-corrected chi connectivity index (χ1v) is 8.88. The first-order chi connectivity index (χ1) is 12.0. The van der Waals surface area contributed by atoms with Crippen LogP contribution in [0, 0.1) is 6.92 Å². The number of anilines is 1. The maximum Gasteiger partial charge on any atom is 0.265 e. The SMILES string of the molecule is Cc1cccc2c1C1(CCNCC1)C(=O)N2C(=O)c1ccc(Cl)cc1. The second-order valence-corrected chi connectivity index (χ2v) is 7.19. The molecule has 2 aromatic carbocycles. The summed E-state index contributed by atoms with van der Waals surface area (Å²) in [6.45, 7) is 3.58. The number of halogens is 1. The fourth-order valence-corrected chi connectivity index (χ4v) is 4.26. The van der Waals surface area contributed by atoms with Crippen molar-refractivity contribution in [3.63, 3.8) is 0 Å². The molecule has 0 aromatic heterocycles. The largest absolute Gasteiger partial charge is 0.317 e. The molecule has 1 spiro atoms. The zero-order chi connectivity index (χ0) is 17.6. The van der Waals surface area contributed by atoms with Crippen molar-refractivity contribution in [3.05, 3.63) is 64.2 Å². The molecule has 4 rings (SSSR count). The Bertz CT molecular complexity index is 854. The number of rotatable bonds is 1. The third kappa shape index (κ3) is 2.40. The molecule has 1 saturated heterocycles. The molecule has 2 aliphatic rings. The number of imide groups is 1. The quantitative estimate of drug-likeness (QED) is 0.798. The Labute approximate surface area is 151 Å². The van der Waals surface area contributed by atoms with E-state index in [1.54, 1.807) is 24.3 Å². The predicted molar refractivity (Wildman–Crippen MR) is 98.2 cm³/mol. The van der Waals surface area contributed by atoms with Gasteiger partial charge in [0.05, 0.1) is 11.1 Å². The molecule has 128 valence electrons. The third-order valence-corrected chi connectivity index (χ3v) is 5.59. The Balaban J connectivity index is 1.84. The second-order valence-electron chi connectivity index (χ2n) is 6.75. The number of nitrogens with zero attached hydrogens (tertiary/aromatic N) is 1. The van der Waals surface area contributed by atoms with Crippen molar-refractivity contribution < 1.29 is 9.59 Å². The van der Waals surface area contributed by atoms with Crippen LogP contribution in [0.4, 0.5) is 5.69 Å². The topological polar surface area (TPSA) is 49.4 Å². The molecule has 0 atom stereocenters. The number of amides is 2. The van der Waals surface area contributed by atoms with Gasteiger partial charge in [-0.25, -0.2) is 4.90 Å². The van der Waals surface area contributed by atoms with Gasteiger partial charge < -0.3 is 5.32 Å². The van der Waals surface area contributed by atoms with E-state index >= 15 is 0 Å². The van der Waals surface area contributed by atoms with E-state index in [0.29, 0.717) is 23.4 Å². The monoisotopic (exact) mass is 354 g/mol. The summed E-state index contributed by atoms with van der Waals surface area (Å²) < 4.78 is 0. The van der Waals surface area contributed by atoms with Gasteiger partial charge in [0.2, 0.25) is 5.91 Å². The predicted octanol–water partition coefficient (Wildman–Crippen LogP) is 3.46. The molecule has 0 radical (unpaired) electrons. The summed E-state index contributed by atoms with van der Waals surface area (Å²) in [5.41, 5.74) is 2.69. The number of hydrogen-bond donors (Lipinski definition) is 1. The number of carbonyl (C=O) groups excluding carboxylic acids is 2. The average Bonchev–Trinajstić information content (AvgIpc) is 2.85. The van der Waals surface area contributed by atoms with Crippen LogP contribution in [-0.2, 0) is 10.2 Å². The number of hydrogen-bond acceptors (Lipinski definition) is 3. The molecule has 25 heavy (non-hydrogen) atoms. The smallest absolute Gasteiger partial charge is 0.265 e. The Morgan fingerprint density at radius 3 is 2.48 bits per heavy atom. The van der Waals surface area contributed by atoms with Crippen molar-refractivity contribution in [1.29, 1.82) is 0 Å². The summed E-state index contributed by atoms with van der Waals surface area (Å²) in [7, 11) is 0. The molecule has 5 heteroatoms. The third-order valence-electron chi connectivity index (χ3n) is 5.33. The number of fused-ring (bicyclic) bond motifs is 2. The first-order valence-electron chi connectivity index (χ1n) is 8.50. The molecule has 0 aliphatic carbocycles. The van der Waals surface area contributed by atoms with E-state index < -0.39 is 5.41 Å². The van der Waals surface area contributed by atoms with Gasteiger partial charge in [0.25, 0.3) is 5.91 Å². The lowest BCUT2D eigenvalue weighted by Gasteiger charge is -2.33. The van der Waals surface area contributed by atoms with E-state index in [1.165, 1.54) is 4.90 Å². The minimum Gasteiger partial charge on any atom is -0.317 e. The Kier molecular flexibility index (Phi) is 3.89. The lowest BCUT2D eigenvalue weighted by atomic mass is 9.72. The zero-order valence-corrected chi connectivity index (χ0v) is 14.8. The van der Waals surface area contributed by atoms with Crippen LogP contribution in [0.2, 0.25) is 5.02 Å². The molecule has 2 heterocycles. The molecule has 2 amide bonds. The minimum absolute atomic E-state index is 0.0988. The molecular formula is C20H19ClN2O2. The van der Waals surface area contributed by atoms with Crippen molar-refractivity contribution in [1.82, 2.24) is 5.32 Å². The summed E-state index contributed by atoms with van der Waals surface area (Å²) in [5.74, 6) is -0.387. The molecule has 1 fully saturated rings. The number of benzene rings is 2. The van der Waals surface area contributed by atoms with Gasteiger partial charge in [-0.1, -0.05) is 23.7 Å². The van der Waals surface area contributed by atoms with Gasteiger partial charge in [0, 0.05) is 10.6 Å². The highest BCUT2D eigenvalue weighted by Gasteiger charge is 2.53. The van der Waals surface area contributed by atoms with Crippen LogP contribution < -0.4 is 10.2 Å². The van der Waals surface area contributed by atoms with E-state index in [2.05, 4.69) is 5.32 Å². The summed E-state index contributed by atoms with van der Waals surface area (Å²) >= 11 is 5.92. The van der Waals surface area contributed by atoms with Crippen LogP contribution in [0.5, 0.6) is 0 Å². The molecule has 4 nitrogen and oxygen atoms in total. The Morgan fingerprint density at radius 1 is 1.12 bits per heavy atom. The molecule has 2 aromatic rings. The van der Waals surface area contributed by atoms with E-state index in [-0.39, 0.29) is 11.8 Å². The lowest BCUT2D eigenvalue weighted by Crippen LogP contribution is -2.49. The number of aryl methyl sites for hydroxylation is 1. The number of carbonyl (C=O) groups is 2. The van der Waals surface area contributed by atoms with E-state index in [4.69, 9.17) is 11.6 Å². The highest BCUT2D eigenvalue weighted by molar-refractivity contribution is 6.31. The number of piperidine rings is 1. The summed E-state index contributed by atoms with van der Waals surface area (Å²) in [5, 5.41) is 3.88. The van der Waals surface area contributed by atoms with Crippen molar-refractivity contribution in [2.24, 2.45) is 0 Å². The van der Waals surface area contributed by atoms with Gasteiger partial charge in [0.1, 0.15) is 0 Å². The van der Waals surface area contributed by atoms with Gasteiger partial charge in [-0.05, 0) is 74.3 Å². The van der Waals surface area contributed by atoms with Gasteiger partial charge in [0.15, 0.2) is 0 Å². The van der Waals surface area contributed by atoms with Crippen LogP contribution in [0.3, 0.4) is 0 Å². The summed E-state index contributed by atoms with van der Waals surface area (Å²) in [4.78, 5) is 27.9. The van der Waals surface area contributed by atoms with Crippen molar-refractivity contribution in [2.45, 2.75) is 25.2 Å². The van der Waals surface area contributed by atoms with Crippen LogP contribution in [-0.4, -0.2) is 24.9 Å². The van der Waals surface area contributed by atoms with Crippen LogP contribution in [0.1, 0.15) is 34.3 Å². The minimum atomic E-state index is -0.589. The molecular weight excluding hydrogens is 336 g/mol. The van der Waals surface area contributed by atoms with E-state index in [1.807, 2.05) is 25.1 Å². The average molecular weight is 355 g/mol. The van der Waals surface area contributed by atoms with E-state index in [0.717, 1.165) is 29.9 Å². The lowest BCUT2D eigenvalue weighted by molar-refractivity contribution is -0.123. The van der Waals surface area contributed by atoms with Gasteiger partial charge in [-0.2, -0.15) is 0 Å². The van der Waals surface area contributed by atoms with Crippen LogP contribution in [0.15, 0.2) is 42.5 Å². The van der Waals surface area contributed by atoms with Crippen molar-refractivity contribution >= 4 is 29.1 Å². The normalized spacial score (nSPS) is 18.5. The van der Waals surface area contributed by atoms with Crippen LogP contribution >= 0.6 is 11.6 Å². The molecule has 0 unspecified atom stereocenters. The van der Waals surface area contributed by atoms with Gasteiger partial charge >= 0.3 is 0 Å². The maximum absolute atomic E-state index is 13.4. The molecule has 1 N–H and O–H groups in total. The second kappa shape index (κ2) is 5.97. The van der Waals surface area contributed by atoms with Gasteiger partial charge in [-0.3, -0.25) is 9.59 Å². The zero-order valence-electron chi connectivity index (χ0n) is 14.0. The standard InChI is InChI=1S/C20H19ClN2O2/c1-13-3-2-4-16-17(13)20(9-11-22-12-10-20)19(25)23(16)18(24)14-5-7-15(21)8-6-14/h2-8,22H,9-12H2,1H3. The summed E-state index contributed by atoms with van der Waals surface area (Å²) in [6, 6.07) is 12.5. The fraction of sp³-hybridized carbons (Fsp3) is 0.300. The summed E-state index contributed by atoms with van der Waals surface area (Å²) in [6.07, 6.45) is 1.43. The number of nitrogens with one attached hydrogen (secondary N) is 1. The molecule has 2 aliphatic heterocycles.